The largest absolute Gasteiger partial charge is 0.468 e. The van der Waals surface area contributed by atoms with Crippen LogP contribution < -0.4 is 5.32 Å². The standard InChI is InChI=1S/C10H11NO2S/c1-13-10(12)9-6-11-7-4-2-3-5-8(7)14-9/h2-5,9,11H,6H2,1H3/t9-/m0/s1. The number of benzene rings is 1. The molecule has 1 aromatic rings. The summed E-state index contributed by atoms with van der Waals surface area (Å²) >= 11 is 1.55. The maximum atomic E-state index is 11.3. The Kier molecular flexibility index (Phi) is 2.63. The molecule has 0 fully saturated rings. The minimum Gasteiger partial charge on any atom is -0.468 e. The summed E-state index contributed by atoms with van der Waals surface area (Å²) in [4.78, 5) is 12.4. The molecule has 1 N–H and O–H groups in total. The van der Waals surface area contributed by atoms with Gasteiger partial charge in [0.1, 0.15) is 5.25 Å². The summed E-state index contributed by atoms with van der Waals surface area (Å²) in [5, 5.41) is 3.08. The SMILES string of the molecule is COC(=O)[C@@H]1CNc2ccccc2S1. The first-order valence-corrected chi connectivity index (χ1v) is 5.26. The minimum absolute atomic E-state index is 0.130. The lowest BCUT2D eigenvalue weighted by molar-refractivity contribution is -0.139. The number of hydrogen-bond donors (Lipinski definition) is 1. The molecule has 0 radical (unpaired) electrons. The van der Waals surface area contributed by atoms with E-state index in [1.165, 1.54) is 7.11 Å². The molecule has 74 valence electrons. The summed E-state index contributed by atoms with van der Waals surface area (Å²) in [7, 11) is 1.42. The van der Waals surface area contributed by atoms with Crippen molar-refractivity contribution in [3.63, 3.8) is 0 Å². The molecule has 0 bridgehead atoms. The molecule has 2 rings (SSSR count). The Balaban J connectivity index is 2.17. The van der Waals surface area contributed by atoms with Crippen LogP contribution in [0.3, 0.4) is 0 Å². The van der Waals surface area contributed by atoms with Crippen LogP contribution in [0.5, 0.6) is 0 Å². The van der Waals surface area contributed by atoms with Gasteiger partial charge in [0.2, 0.25) is 0 Å². The van der Waals surface area contributed by atoms with Gasteiger partial charge >= 0.3 is 5.97 Å². The Labute approximate surface area is 86.8 Å². The van der Waals surface area contributed by atoms with E-state index in [1.54, 1.807) is 11.8 Å². The number of ether oxygens (including phenoxy) is 1. The highest BCUT2D eigenvalue weighted by molar-refractivity contribution is 8.00. The number of carbonyl (C=O) groups is 1. The zero-order valence-electron chi connectivity index (χ0n) is 7.82. The third kappa shape index (κ3) is 1.70. The van der Waals surface area contributed by atoms with E-state index < -0.39 is 0 Å². The van der Waals surface area contributed by atoms with E-state index in [2.05, 4.69) is 5.32 Å². The highest BCUT2D eigenvalue weighted by atomic mass is 32.2. The lowest BCUT2D eigenvalue weighted by Crippen LogP contribution is -2.29. The highest BCUT2D eigenvalue weighted by Gasteiger charge is 2.25. The second kappa shape index (κ2) is 3.92. The van der Waals surface area contributed by atoms with Crippen molar-refractivity contribution in [1.29, 1.82) is 0 Å². The Hall–Kier alpha value is -1.16. The van der Waals surface area contributed by atoms with E-state index in [4.69, 9.17) is 4.74 Å². The fraction of sp³-hybridized carbons (Fsp3) is 0.300. The van der Waals surface area contributed by atoms with Crippen molar-refractivity contribution in [3.8, 4) is 0 Å². The van der Waals surface area contributed by atoms with Crippen molar-refractivity contribution >= 4 is 23.4 Å². The van der Waals surface area contributed by atoms with E-state index in [0.717, 1.165) is 10.6 Å². The predicted octanol–water partition coefficient (Wildman–Crippen LogP) is 1.75. The highest BCUT2D eigenvalue weighted by Crippen LogP contribution is 2.34. The molecule has 1 aromatic carbocycles. The molecular formula is C10H11NO2S. The number of para-hydroxylation sites is 1. The van der Waals surface area contributed by atoms with Crippen molar-refractivity contribution in [1.82, 2.24) is 0 Å². The Morgan fingerprint density at radius 1 is 1.57 bits per heavy atom. The van der Waals surface area contributed by atoms with E-state index in [-0.39, 0.29) is 11.2 Å². The molecule has 0 aliphatic carbocycles. The van der Waals surface area contributed by atoms with Crippen LogP contribution >= 0.6 is 11.8 Å². The molecule has 0 saturated heterocycles. The van der Waals surface area contributed by atoms with E-state index >= 15 is 0 Å². The zero-order valence-corrected chi connectivity index (χ0v) is 8.64. The van der Waals surface area contributed by atoms with Gasteiger partial charge in [0.15, 0.2) is 0 Å². The van der Waals surface area contributed by atoms with Gasteiger partial charge in [-0.25, -0.2) is 0 Å². The Morgan fingerprint density at radius 3 is 3.14 bits per heavy atom. The average molecular weight is 209 g/mol. The Bertz CT molecular complexity index is 354. The number of nitrogens with one attached hydrogen (secondary N) is 1. The number of carbonyl (C=O) groups excluding carboxylic acids is 1. The lowest BCUT2D eigenvalue weighted by atomic mass is 10.3. The molecule has 4 heteroatoms. The van der Waals surface area contributed by atoms with Crippen molar-refractivity contribution in [2.75, 3.05) is 19.0 Å². The van der Waals surface area contributed by atoms with Crippen molar-refractivity contribution in [2.45, 2.75) is 10.1 Å². The quantitative estimate of drug-likeness (QED) is 0.715. The monoisotopic (exact) mass is 209 g/mol. The molecule has 0 spiro atoms. The number of esters is 1. The topological polar surface area (TPSA) is 38.3 Å². The molecule has 0 aromatic heterocycles. The lowest BCUT2D eigenvalue weighted by Gasteiger charge is -2.23. The summed E-state index contributed by atoms with van der Waals surface area (Å²) in [5.41, 5.74) is 1.10. The normalized spacial score (nSPS) is 19.4. The fourth-order valence-electron chi connectivity index (χ4n) is 1.38. The maximum Gasteiger partial charge on any atom is 0.320 e. The van der Waals surface area contributed by atoms with Crippen molar-refractivity contribution < 1.29 is 9.53 Å². The van der Waals surface area contributed by atoms with Gasteiger partial charge in [-0.1, -0.05) is 12.1 Å². The van der Waals surface area contributed by atoms with Gasteiger partial charge < -0.3 is 10.1 Å². The number of hydrogen-bond acceptors (Lipinski definition) is 4. The summed E-state index contributed by atoms with van der Waals surface area (Å²) in [5.74, 6) is -0.169. The summed E-state index contributed by atoms with van der Waals surface area (Å²) < 4.78 is 4.70. The number of thioether (sulfide) groups is 1. The molecule has 0 amide bonds. The predicted molar refractivity (Wildman–Crippen MR) is 56.6 cm³/mol. The zero-order chi connectivity index (χ0) is 9.97. The van der Waals surface area contributed by atoms with Crippen LogP contribution in [-0.4, -0.2) is 24.9 Å². The fourth-order valence-corrected chi connectivity index (χ4v) is 2.47. The smallest absolute Gasteiger partial charge is 0.320 e. The summed E-state index contributed by atoms with van der Waals surface area (Å²) in [6.07, 6.45) is 0. The first-order chi connectivity index (χ1) is 6.81. The second-order valence-electron chi connectivity index (χ2n) is 3.01. The van der Waals surface area contributed by atoms with Gasteiger partial charge in [0.25, 0.3) is 0 Å². The van der Waals surface area contributed by atoms with Gasteiger partial charge in [-0.15, -0.1) is 11.8 Å². The Morgan fingerprint density at radius 2 is 2.36 bits per heavy atom. The van der Waals surface area contributed by atoms with Gasteiger partial charge in [-0.05, 0) is 12.1 Å². The van der Waals surface area contributed by atoms with Crippen LogP contribution in [0.4, 0.5) is 5.69 Å². The summed E-state index contributed by atoms with van der Waals surface area (Å²) in [6.45, 7) is 0.633. The average Bonchev–Trinajstić information content (AvgIpc) is 2.27. The van der Waals surface area contributed by atoms with Crippen LogP contribution in [0.15, 0.2) is 29.2 Å². The van der Waals surface area contributed by atoms with Crippen LogP contribution in [0.25, 0.3) is 0 Å². The minimum atomic E-state index is -0.169. The van der Waals surface area contributed by atoms with Crippen molar-refractivity contribution in [3.05, 3.63) is 24.3 Å². The molecule has 0 saturated carbocycles. The van der Waals surface area contributed by atoms with Crippen LogP contribution in [0.2, 0.25) is 0 Å². The van der Waals surface area contributed by atoms with Crippen LogP contribution in [0.1, 0.15) is 0 Å². The molecule has 1 aliphatic heterocycles. The second-order valence-corrected chi connectivity index (χ2v) is 4.25. The van der Waals surface area contributed by atoms with Crippen molar-refractivity contribution in [2.24, 2.45) is 0 Å². The molecule has 0 unspecified atom stereocenters. The number of rotatable bonds is 1. The van der Waals surface area contributed by atoms with Crippen LogP contribution in [-0.2, 0) is 9.53 Å². The molecule has 3 nitrogen and oxygen atoms in total. The van der Waals surface area contributed by atoms with E-state index in [9.17, 15) is 4.79 Å². The first-order valence-electron chi connectivity index (χ1n) is 4.38. The van der Waals surface area contributed by atoms with E-state index in [1.807, 2.05) is 24.3 Å². The molecule has 1 atom stereocenters. The molecule has 1 aliphatic rings. The maximum absolute atomic E-state index is 11.3. The van der Waals surface area contributed by atoms with Gasteiger partial charge in [-0.3, -0.25) is 4.79 Å². The number of methoxy groups -OCH3 is 1. The third-order valence-corrected chi connectivity index (χ3v) is 3.35. The van der Waals surface area contributed by atoms with Gasteiger partial charge in [0, 0.05) is 17.1 Å². The van der Waals surface area contributed by atoms with E-state index in [0.29, 0.717) is 6.54 Å². The van der Waals surface area contributed by atoms with Crippen LogP contribution in [0, 0.1) is 0 Å². The molecular weight excluding hydrogens is 198 g/mol. The summed E-state index contributed by atoms with van der Waals surface area (Å²) in [6, 6.07) is 7.95. The molecule has 1 heterocycles. The number of anilines is 1. The first kappa shape index (κ1) is 9.40. The van der Waals surface area contributed by atoms with Gasteiger partial charge in [0.05, 0.1) is 7.11 Å². The van der Waals surface area contributed by atoms with Gasteiger partial charge in [-0.2, -0.15) is 0 Å². The third-order valence-electron chi connectivity index (χ3n) is 2.10. The number of fused-ring (bicyclic) bond motifs is 1. The molecule has 14 heavy (non-hydrogen) atoms.